The average molecular weight is 434 g/mol. The lowest BCUT2D eigenvalue weighted by Crippen LogP contribution is -2.15. The van der Waals surface area contributed by atoms with Gasteiger partial charge in [0.2, 0.25) is 5.75 Å². The fraction of sp³-hybridized carbons (Fsp3) is 0.458. The molecule has 172 valence electrons. The van der Waals surface area contributed by atoms with E-state index in [1.165, 1.54) is 7.11 Å². The van der Waals surface area contributed by atoms with Gasteiger partial charge in [-0.25, -0.2) is 0 Å². The Morgan fingerprint density at radius 1 is 0.806 bits per heavy atom. The molecular formula is C24H35NO6. The van der Waals surface area contributed by atoms with Crippen LogP contribution in [0.25, 0.3) is 0 Å². The molecule has 0 spiro atoms. The molecule has 0 saturated carbocycles. The molecule has 1 unspecified atom stereocenters. The predicted molar refractivity (Wildman–Crippen MR) is 122 cm³/mol. The first kappa shape index (κ1) is 26.1. The Labute approximate surface area is 185 Å². The molecule has 2 aromatic rings. The van der Waals surface area contributed by atoms with Gasteiger partial charge < -0.3 is 28.6 Å². The van der Waals surface area contributed by atoms with Crippen molar-refractivity contribution in [2.45, 2.75) is 26.7 Å². The molecule has 0 aliphatic rings. The van der Waals surface area contributed by atoms with Crippen LogP contribution < -0.4 is 23.7 Å². The maximum atomic E-state index is 10.7. The molecule has 0 N–H and O–H groups in total. The van der Waals surface area contributed by atoms with Crippen LogP contribution >= 0.6 is 0 Å². The summed E-state index contributed by atoms with van der Waals surface area (Å²) in [6.07, 6.45) is 0. The van der Waals surface area contributed by atoms with Crippen LogP contribution in [0.3, 0.4) is 0 Å². The molecule has 0 aliphatic heterocycles. The summed E-state index contributed by atoms with van der Waals surface area (Å²) in [5, 5.41) is 0. The van der Waals surface area contributed by atoms with E-state index in [9.17, 15) is 4.79 Å². The number of hydrogen-bond acceptors (Lipinski definition) is 7. The summed E-state index contributed by atoms with van der Waals surface area (Å²) in [4.78, 5) is 13.0. The van der Waals surface area contributed by atoms with Crippen molar-refractivity contribution >= 4 is 6.47 Å². The Morgan fingerprint density at radius 3 is 1.71 bits per heavy atom. The summed E-state index contributed by atoms with van der Waals surface area (Å²) in [7, 11) is 8.36. The first-order chi connectivity index (χ1) is 14.9. The molecule has 0 amide bonds. The lowest BCUT2D eigenvalue weighted by Gasteiger charge is -2.19. The number of carbonyl (C=O) groups excluding carboxylic acids is 1. The van der Waals surface area contributed by atoms with Crippen LogP contribution in [-0.4, -0.2) is 59.9 Å². The monoisotopic (exact) mass is 433 g/mol. The Hall–Kier alpha value is -2.93. The second-order valence-electron chi connectivity index (χ2n) is 6.79. The number of ether oxygens (including phenoxy) is 5. The zero-order valence-corrected chi connectivity index (χ0v) is 19.9. The van der Waals surface area contributed by atoms with Crippen LogP contribution in [0.4, 0.5) is 0 Å². The van der Waals surface area contributed by atoms with Crippen molar-refractivity contribution in [2.24, 2.45) is 0 Å². The van der Waals surface area contributed by atoms with Crippen molar-refractivity contribution in [3.63, 3.8) is 0 Å². The third kappa shape index (κ3) is 7.07. The van der Waals surface area contributed by atoms with E-state index in [0.29, 0.717) is 35.2 Å². The van der Waals surface area contributed by atoms with E-state index < -0.39 is 0 Å². The summed E-state index contributed by atoms with van der Waals surface area (Å²) < 4.78 is 26.4. The smallest absolute Gasteiger partial charge is 0.298 e. The maximum absolute atomic E-state index is 10.7. The van der Waals surface area contributed by atoms with Gasteiger partial charge in [-0.15, -0.1) is 0 Å². The lowest BCUT2D eigenvalue weighted by atomic mass is 9.92. The highest BCUT2D eigenvalue weighted by molar-refractivity contribution is 5.57. The number of hydrogen-bond donors (Lipinski definition) is 0. The minimum absolute atomic E-state index is 0.00591. The Balaban J connectivity index is 0.000000703. The van der Waals surface area contributed by atoms with Crippen LogP contribution in [0.15, 0.2) is 30.3 Å². The van der Waals surface area contributed by atoms with Gasteiger partial charge in [-0.2, -0.15) is 0 Å². The van der Waals surface area contributed by atoms with E-state index in [4.69, 9.17) is 23.7 Å². The minimum atomic E-state index is -0.00591. The van der Waals surface area contributed by atoms with Gasteiger partial charge in [-0.3, -0.25) is 4.79 Å². The molecule has 0 radical (unpaired) electrons. The van der Waals surface area contributed by atoms with Gasteiger partial charge >= 0.3 is 0 Å². The van der Waals surface area contributed by atoms with Crippen LogP contribution in [0.1, 0.15) is 37.8 Å². The van der Waals surface area contributed by atoms with Gasteiger partial charge in [0, 0.05) is 5.92 Å². The normalized spacial score (nSPS) is 11.1. The predicted octanol–water partition coefficient (Wildman–Crippen LogP) is 4.37. The highest BCUT2D eigenvalue weighted by Gasteiger charge is 2.18. The van der Waals surface area contributed by atoms with Crippen molar-refractivity contribution in [1.29, 1.82) is 0 Å². The van der Waals surface area contributed by atoms with Crippen molar-refractivity contribution in [3.8, 4) is 28.7 Å². The van der Waals surface area contributed by atoms with Crippen LogP contribution in [0, 0.1) is 0 Å². The number of nitrogens with zero attached hydrogens (tertiary/aromatic N) is 1. The summed E-state index contributed by atoms with van der Waals surface area (Å²) in [6.45, 7) is 9.05. The number of carbonyl (C=O) groups is 1. The fourth-order valence-electron chi connectivity index (χ4n) is 2.87. The molecule has 2 aromatic carbocycles. The molecule has 0 aliphatic carbocycles. The number of rotatable bonds is 10. The summed E-state index contributed by atoms with van der Waals surface area (Å²) in [6, 6.07) is 9.26. The van der Waals surface area contributed by atoms with Crippen molar-refractivity contribution < 1.29 is 28.5 Å². The van der Waals surface area contributed by atoms with E-state index in [-0.39, 0.29) is 5.92 Å². The average Bonchev–Trinajstić information content (AvgIpc) is 2.82. The maximum Gasteiger partial charge on any atom is 0.298 e. The molecule has 0 fully saturated rings. The van der Waals surface area contributed by atoms with Gasteiger partial charge in [0.15, 0.2) is 23.0 Å². The van der Waals surface area contributed by atoms with Gasteiger partial charge in [-0.05, 0) is 55.5 Å². The molecule has 0 heterocycles. The second kappa shape index (κ2) is 13.4. The third-order valence-corrected chi connectivity index (χ3v) is 5.13. The van der Waals surface area contributed by atoms with E-state index in [1.807, 2.05) is 25.1 Å². The van der Waals surface area contributed by atoms with E-state index >= 15 is 0 Å². The SMILES string of the molecule is CCN(C)CC.COc1ccc(C(C)c2cc(OC)c(OC)c(OC)c2)cc1OC=O. The number of methoxy groups -OCH3 is 4. The number of benzene rings is 2. The van der Waals surface area contributed by atoms with E-state index in [1.54, 1.807) is 33.5 Å². The van der Waals surface area contributed by atoms with Crippen molar-refractivity contribution in [2.75, 3.05) is 48.6 Å². The summed E-state index contributed by atoms with van der Waals surface area (Å²) >= 11 is 0. The quantitative estimate of drug-likeness (QED) is 0.516. The first-order valence-corrected chi connectivity index (χ1v) is 10.2. The summed E-state index contributed by atoms with van der Waals surface area (Å²) in [5.41, 5.74) is 1.92. The van der Waals surface area contributed by atoms with Crippen molar-refractivity contribution in [3.05, 3.63) is 41.5 Å². The third-order valence-electron chi connectivity index (χ3n) is 5.13. The molecule has 1 atom stereocenters. The first-order valence-electron chi connectivity index (χ1n) is 10.2. The minimum Gasteiger partial charge on any atom is -0.493 e. The standard InChI is InChI=1S/C19H22O6.C5H13N/c1-12(13-6-7-15(21-2)16(8-13)25-11-20)14-9-17(22-3)19(24-5)18(10-14)23-4;1-4-6(3)5-2/h6-12H,1-5H3;4-5H2,1-3H3. The molecule has 0 bridgehead atoms. The van der Waals surface area contributed by atoms with Gasteiger partial charge in [-0.1, -0.05) is 26.8 Å². The van der Waals surface area contributed by atoms with Crippen LogP contribution in [0.5, 0.6) is 28.7 Å². The molecule has 0 aromatic heterocycles. The highest BCUT2D eigenvalue weighted by Crippen LogP contribution is 2.42. The zero-order chi connectivity index (χ0) is 23.4. The molecule has 2 rings (SSSR count). The molecule has 7 nitrogen and oxygen atoms in total. The second-order valence-corrected chi connectivity index (χ2v) is 6.79. The molecule has 7 heteroatoms. The molecular weight excluding hydrogens is 398 g/mol. The molecule has 0 saturated heterocycles. The van der Waals surface area contributed by atoms with Crippen molar-refractivity contribution in [1.82, 2.24) is 4.90 Å². The molecule has 31 heavy (non-hydrogen) atoms. The Kier molecular flexibility index (Phi) is 11.3. The highest BCUT2D eigenvalue weighted by atomic mass is 16.5. The fourth-order valence-corrected chi connectivity index (χ4v) is 2.87. The van der Waals surface area contributed by atoms with E-state index in [0.717, 1.165) is 24.2 Å². The van der Waals surface area contributed by atoms with E-state index in [2.05, 4.69) is 25.8 Å². The largest absolute Gasteiger partial charge is 0.493 e. The Morgan fingerprint density at radius 2 is 1.32 bits per heavy atom. The van der Waals surface area contributed by atoms with Crippen LogP contribution in [0.2, 0.25) is 0 Å². The Bertz CT molecular complexity index is 795. The van der Waals surface area contributed by atoms with Gasteiger partial charge in [0.1, 0.15) is 0 Å². The topological polar surface area (TPSA) is 66.5 Å². The lowest BCUT2D eigenvalue weighted by molar-refractivity contribution is -0.120. The zero-order valence-electron chi connectivity index (χ0n) is 19.9. The van der Waals surface area contributed by atoms with Gasteiger partial charge in [0.05, 0.1) is 28.4 Å². The summed E-state index contributed by atoms with van der Waals surface area (Å²) in [5.74, 6) is 2.57. The van der Waals surface area contributed by atoms with Gasteiger partial charge in [0.25, 0.3) is 6.47 Å². The van der Waals surface area contributed by atoms with Crippen LogP contribution in [-0.2, 0) is 4.79 Å².